The summed E-state index contributed by atoms with van der Waals surface area (Å²) in [7, 11) is 0. The van der Waals surface area contributed by atoms with Crippen molar-refractivity contribution in [3.63, 3.8) is 0 Å². The first-order valence-corrected chi connectivity index (χ1v) is 6.60. The van der Waals surface area contributed by atoms with Crippen LogP contribution in [0.15, 0.2) is 48.5 Å². The van der Waals surface area contributed by atoms with E-state index in [4.69, 9.17) is 4.74 Å². The van der Waals surface area contributed by atoms with Crippen LogP contribution in [0.2, 0.25) is 0 Å². The summed E-state index contributed by atoms with van der Waals surface area (Å²) in [5.41, 5.74) is 1.25. The number of nitro groups is 1. The van der Waals surface area contributed by atoms with Gasteiger partial charge in [-0.2, -0.15) is 0 Å². The minimum absolute atomic E-state index is 0.112. The fraction of sp³-hybridized carbons (Fsp3) is 0.188. The van der Waals surface area contributed by atoms with Gasteiger partial charge in [-0.05, 0) is 18.1 Å². The van der Waals surface area contributed by atoms with Gasteiger partial charge in [-0.3, -0.25) is 14.9 Å². The number of benzene rings is 2. The van der Waals surface area contributed by atoms with Crippen LogP contribution in [-0.4, -0.2) is 17.3 Å². The fourth-order valence-corrected chi connectivity index (χ4v) is 1.90. The van der Waals surface area contributed by atoms with Crippen LogP contribution < -0.4 is 4.74 Å². The molecule has 0 aliphatic heterocycles. The number of aryl methyl sites for hydroxylation is 1. The molecule has 0 aliphatic rings. The van der Waals surface area contributed by atoms with E-state index in [1.165, 1.54) is 12.1 Å². The van der Waals surface area contributed by atoms with Gasteiger partial charge in [-0.25, -0.2) is 0 Å². The van der Waals surface area contributed by atoms with Crippen LogP contribution in [0.3, 0.4) is 0 Å². The minimum atomic E-state index is -0.499. The Morgan fingerprint density at radius 1 is 1.19 bits per heavy atom. The summed E-state index contributed by atoms with van der Waals surface area (Å²) in [5, 5.41) is 11.0. The van der Waals surface area contributed by atoms with E-state index >= 15 is 0 Å². The van der Waals surface area contributed by atoms with E-state index in [1.807, 2.05) is 13.0 Å². The molecule has 0 heterocycles. The van der Waals surface area contributed by atoms with Crippen LogP contribution in [0, 0.1) is 10.1 Å². The Labute approximate surface area is 122 Å². The van der Waals surface area contributed by atoms with Crippen molar-refractivity contribution in [1.82, 2.24) is 0 Å². The first-order chi connectivity index (χ1) is 10.1. The zero-order chi connectivity index (χ0) is 15.2. The van der Waals surface area contributed by atoms with Crippen molar-refractivity contribution in [2.75, 3.05) is 6.61 Å². The van der Waals surface area contributed by atoms with Crippen molar-refractivity contribution in [3.8, 4) is 5.75 Å². The van der Waals surface area contributed by atoms with Gasteiger partial charge in [0.05, 0.1) is 4.92 Å². The number of ether oxygens (including phenoxy) is 1. The summed E-state index contributed by atoms with van der Waals surface area (Å²) in [5.74, 6) is -0.106. The van der Waals surface area contributed by atoms with Crippen molar-refractivity contribution >= 4 is 11.5 Å². The number of carbonyl (C=O) groups excluding carboxylic acids is 1. The summed E-state index contributed by atoms with van der Waals surface area (Å²) in [6, 6.07) is 13.5. The van der Waals surface area contributed by atoms with Gasteiger partial charge in [0.1, 0.15) is 0 Å². The molecule has 108 valence electrons. The van der Waals surface area contributed by atoms with E-state index < -0.39 is 4.92 Å². The fourth-order valence-electron chi connectivity index (χ4n) is 1.90. The predicted molar refractivity (Wildman–Crippen MR) is 78.7 cm³/mol. The number of hydrogen-bond acceptors (Lipinski definition) is 4. The Kier molecular flexibility index (Phi) is 4.66. The van der Waals surface area contributed by atoms with Gasteiger partial charge in [0.2, 0.25) is 0 Å². The highest BCUT2D eigenvalue weighted by Gasteiger charge is 2.17. The zero-order valence-corrected chi connectivity index (χ0v) is 11.6. The molecule has 0 atom stereocenters. The van der Waals surface area contributed by atoms with Gasteiger partial charge in [-0.15, -0.1) is 0 Å². The molecule has 0 N–H and O–H groups in total. The average Bonchev–Trinajstić information content (AvgIpc) is 2.53. The van der Waals surface area contributed by atoms with E-state index in [9.17, 15) is 14.9 Å². The Hall–Kier alpha value is -2.69. The van der Waals surface area contributed by atoms with Crippen LogP contribution in [0.1, 0.15) is 22.8 Å². The molecule has 0 saturated carbocycles. The lowest BCUT2D eigenvalue weighted by Gasteiger charge is -2.07. The minimum Gasteiger partial charge on any atom is -0.478 e. The topological polar surface area (TPSA) is 69.4 Å². The van der Waals surface area contributed by atoms with Gasteiger partial charge in [-0.1, -0.05) is 43.3 Å². The van der Waals surface area contributed by atoms with Crippen LogP contribution in [0.5, 0.6) is 5.75 Å². The van der Waals surface area contributed by atoms with Gasteiger partial charge in [0.25, 0.3) is 0 Å². The van der Waals surface area contributed by atoms with Gasteiger partial charge >= 0.3 is 5.69 Å². The number of hydrogen-bond donors (Lipinski definition) is 0. The first-order valence-electron chi connectivity index (χ1n) is 6.60. The first kappa shape index (κ1) is 14.7. The Balaban J connectivity index is 2.13. The number of Topliss-reactive ketones (excluding diaryl/α,β-unsaturated/α-hetero) is 1. The van der Waals surface area contributed by atoms with E-state index in [1.54, 1.807) is 30.3 Å². The molecular weight excluding hydrogens is 270 g/mol. The standard InChI is InChI=1S/C16H15NO4/c1-2-12-8-9-16(14(10-12)17(19)20)21-11-15(18)13-6-4-3-5-7-13/h3-10H,2,11H2,1H3. The summed E-state index contributed by atoms with van der Waals surface area (Å²) >= 11 is 0. The second kappa shape index (κ2) is 6.65. The summed E-state index contributed by atoms with van der Waals surface area (Å²) < 4.78 is 5.32. The van der Waals surface area contributed by atoms with Crippen molar-refractivity contribution in [3.05, 3.63) is 69.8 Å². The van der Waals surface area contributed by atoms with Crippen LogP contribution in [0.4, 0.5) is 5.69 Å². The molecule has 0 unspecified atom stereocenters. The molecule has 0 aliphatic carbocycles. The van der Waals surface area contributed by atoms with Crippen molar-refractivity contribution in [1.29, 1.82) is 0 Å². The highest BCUT2D eigenvalue weighted by molar-refractivity contribution is 5.97. The average molecular weight is 285 g/mol. The number of carbonyl (C=O) groups is 1. The van der Waals surface area contributed by atoms with E-state index in [0.29, 0.717) is 12.0 Å². The lowest BCUT2D eigenvalue weighted by atomic mass is 10.1. The summed E-state index contributed by atoms with van der Waals surface area (Å²) in [6.07, 6.45) is 0.698. The maximum absolute atomic E-state index is 11.9. The third-order valence-corrected chi connectivity index (χ3v) is 3.08. The van der Waals surface area contributed by atoms with E-state index in [2.05, 4.69) is 0 Å². The molecule has 0 spiro atoms. The molecule has 5 heteroatoms. The third-order valence-electron chi connectivity index (χ3n) is 3.08. The van der Waals surface area contributed by atoms with E-state index in [-0.39, 0.29) is 23.8 Å². The Morgan fingerprint density at radius 3 is 2.52 bits per heavy atom. The Morgan fingerprint density at radius 2 is 1.90 bits per heavy atom. The summed E-state index contributed by atoms with van der Waals surface area (Å²) in [6.45, 7) is 1.69. The molecular formula is C16H15NO4. The second-order valence-corrected chi connectivity index (χ2v) is 4.49. The normalized spacial score (nSPS) is 10.1. The van der Waals surface area contributed by atoms with Crippen LogP contribution >= 0.6 is 0 Å². The van der Waals surface area contributed by atoms with Crippen LogP contribution in [0.25, 0.3) is 0 Å². The van der Waals surface area contributed by atoms with Gasteiger partial charge in [0.15, 0.2) is 18.1 Å². The maximum Gasteiger partial charge on any atom is 0.311 e. The molecule has 0 saturated heterocycles. The molecule has 2 aromatic rings. The number of ketones is 1. The molecule has 0 fully saturated rings. The molecule has 0 amide bonds. The molecule has 2 aromatic carbocycles. The third kappa shape index (κ3) is 3.66. The molecule has 0 aromatic heterocycles. The molecule has 0 bridgehead atoms. The highest BCUT2D eigenvalue weighted by Crippen LogP contribution is 2.28. The quantitative estimate of drug-likeness (QED) is 0.463. The van der Waals surface area contributed by atoms with Crippen LogP contribution in [-0.2, 0) is 6.42 Å². The molecule has 5 nitrogen and oxygen atoms in total. The highest BCUT2D eigenvalue weighted by atomic mass is 16.6. The number of rotatable bonds is 6. The van der Waals surface area contributed by atoms with Crippen molar-refractivity contribution in [2.45, 2.75) is 13.3 Å². The largest absolute Gasteiger partial charge is 0.478 e. The number of nitrogens with zero attached hydrogens (tertiary/aromatic N) is 1. The smallest absolute Gasteiger partial charge is 0.311 e. The number of nitro benzene ring substituents is 1. The lowest BCUT2D eigenvalue weighted by molar-refractivity contribution is -0.385. The van der Waals surface area contributed by atoms with Crippen molar-refractivity contribution in [2.24, 2.45) is 0 Å². The lowest BCUT2D eigenvalue weighted by Crippen LogP contribution is -2.12. The second-order valence-electron chi connectivity index (χ2n) is 4.49. The summed E-state index contributed by atoms with van der Waals surface area (Å²) in [4.78, 5) is 22.5. The molecule has 0 radical (unpaired) electrons. The predicted octanol–water partition coefficient (Wildman–Crippen LogP) is 3.42. The van der Waals surface area contributed by atoms with E-state index in [0.717, 1.165) is 5.56 Å². The maximum atomic E-state index is 11.9. The van der Waals surface area contributed by atoms with Gasteiger partial charge in [0, 0.05) is 11.6 Å². The van der Waals surface area contributed by atoms with Gasteiger partial charge < -0.3 is 4.74 Å². The molecule has 2 rings (SSSR count). The monoisotopic (exact) mass is 285 g/mol. The van der Waals surface area contributed by atoms with Crippen molar-refractivity contribution < 1.29 is 14.5 Å². The Bertz CT molecular complexity index is 653. The molecule has 21 heavy (non-hydrogen) atoms. The SMILES string of the molecule is CCc1ccc(OCC(=O)c2ccccc2)c([N+](=O)[O-])c1. The zero-order valence-electron chi connectivity index (χ0n) is 11.6.